The fourth-order valence-electron chi connectivity index (χ4n) is 6.03. The first-order valence-electron chi connectivity index (χ1n) is 13.4. The second kappa shape index (κ2) is 9.51. The Labute approximate surface area is 222 Å². The highest BCUT2D eigenvalue weighted by Gasteiger charge is 2.31. The largest absolute Gasteiger partial charge is 0.389 e. The Kier molecular flexibility index (Phi) is 6.14. The number of rotatable bonds is 7. The molecule has 0 aromatic carbocycles. The van der Waals surface area contributed by atoms with Crippen molar-refractivity contribution in [1.82, 2.24) is 29.5 Å². The van der Waals surface area contributed by atoms with Gasteiger partial charge in [-0.2, -0.15) is 5.10 Å². The smallest absolute Gasteiger partial charge is 0.141 e. The Morgan fingerprint density at radius 3 is 2.58 bits per heavy atom. The Hall–Kier alpha value is -3.78. The number of aromatic nitrogens is 6. The lowest BCUT2D eigenvalue weighted by atomic mass is 9.94. The second-order valence-electron chi connectivity index (χ2n) is 11.2. The van der Waals surface area contributed by atoms with Crippen LogP contribution in [0.15, 0.2) is 59.8 Å². The molecular formula is C30H34N6O2. The lowest BCUT2D eigenvalue weighted by Gasteiger charge is -2.25. The summed E-state index contributed by atoms with van der Waals surface area (Å²) in [6.07, 6.45) is 14.8. The maximum atomic E-state index is 10.3. The maximum absolute atomic E-state index is 10.3. The summed E-state index contributed by atoms with van der Waals surface area (Å²) in [4.78, 5) is 9.85. The zero-order chi connectivity index (χ0) is 26.4. The van der Waals surface area contributed by atoms with E-state index in [0.717, 1.165) is 50.4 Å². The quantitative estimate of drug-likeness (QED) is 0.284. The highest BCUT2D eigenvalue weighted by Crippen LogP contribution is 2.42. The van der Waals surface area contributed by atoms with Gasteiger partial charge in [0, 0.05) is 52.4 Å². The molecule has 5 aromatic rings. The molecule has 1 fully saturated rings. The molecule has 0 spiro atoms. The number of nitrogens with zero attached hydrogens (tertiary/aromatic N) is 6. The van der Waals surface area contributed by atoms with E-state index < -0.39 is 5.60 Å². The van der Waals surface area contributed by atoms with E-state index in [-0.39, 0.29) is 6.04 Å². The average Bonchev–Trinajstić information content (AvgIpc) is 3.68. The molecule has 0 radical (unpaired) electrons. The molecular weight excluding hydrogens is 476 g/mol. The minimum Gasteiger partial charge on any atom is -0.389 e. The van der Waals surface area contributed by atoms with Crippen molar-refractivity contribution in [3.63, 3.8) is 0 Å². The first kappa shape index (κ1) is 24.6. The summed E-state index contributed by atoms with van der Waals surface area (Å²) in [7, 11) is 0. The van der Waals surface area contributed by atoms with E-state index in [1.807, 2.05) is 44.7 Å². The lowest BCUT2D eigenvalue weighted by molar-refractivity contribution is 0.0577. The zero-order valence-electron chi connectivity index (χ0n) is 22.4. The van der Waals surface area contributed by atoms with E-state index in [2.05, 4.69) is 39.2 Å². The van der Waals surface area contributed by atoms with Crippen LogP contribution in [-0.4, -0.2) is 40.2 Å². The Balaban J connectivity index is 1.56. The van der Waals surface area contributed by atoms with Crippen LogP contribution in [0.25, 0.3) is 33.3 Å². The van der Waals surface area contributed by atoms with Crippen LogP contribution in [0.4, 0.5) is 0 Å². The van der Waals surface area contributed by atoms with Crippen molar-refractivity contribution in [2.24, 2.45) is 5.92 Å². The molecule has 1 N–H and O–H groups in total. The summed E-state index contributed by atoms with van der Waals surface area (Å²) in [6.45, 7) is 7.88. The summed E-state index contributed by atoms with van der Waals surface area (Å²) in [5.74, 6) is 1.27. The third-order valence-corrected chi connectivity index (χ3v) is 7.62. The number of aliphatic hydroxyl groups is 1. The summed E-state index contributed by atoms with van der Waals surface area (Å²) in [5.41, 5.74) is 5.98. The standard InChI is InChI=1S/C30H34N6O2/c1-19-27(20(2)38-34-19)22-13-24-25(23-15-33-35(16-23)18-30(3,4)37)17-36(29(24)32-14-22)28(21-9-5-6-10-21)26-11-7-8-12-31-26/h7-8,11-17,21,28,37H,5-6,9-10,18H2,1-4H3. The fourth-order valence-corrected chi connectivity index (χ4v) is 6.03. The predicted octanol–water partition coefficient (Wildman–Crippen LogP) is 6.12. The first-order chi connectivity index (χ1) is 18.3. The van der Waals surface area contributed by atoms with Crippen molar-refractivity contribution in [3.8, 4) is 22.3 Å². The van der Waals surface area contributed by atoms with E-state index >= 15 is 0 Å². The van der Waals surface area contributed by atoms with Gasteiger partial charge in [-0.3, -0.25) is 9.67 Å². The Morgan fingerprint density at radius 1 is 1.08 bits per heavy atom. The molecule has 1 aliphatic rings. The van der Waals surface area contributed by atoms with Crippen molar-refractivity contribution in [3.05, 3.63) is 72.4 Å². The van der Waals surface area contributed by atoms with Gasteiger partial charge in [-0.1, -0.05) is 24.1 Å². The topological polar surface area (TPSA) is 94.8 Å². The fraction of sp³-hybridized carbons (Fsp3) is 0.400. The highest BCUT2D eigenvalue weighted by molar-refractivity contribution is 5.96. The minimum atomic E-state index is -0.859. The third-order valence-electron chi connectivity index (χ3n) is 7.62. The van der Waals surface area contributed by atoms with Crippen molar-refractivity contribution in [1.29, 1.82) is 0 Å². The Morgan fingerprint density at radius 2 is 1.89 bits per heavy atom. The van der Waals surface area contributed by atoms with Crippen LogP contribution in [0, 0.1) is 19.8 Å². The molecule has 1 saturated carbocycles. The van der Waals surface area contributed by atoms with Gasteiger partial charge in [-0.05, 0) is 64.7 Å². The normalized spacial score (nSPS) is 15.5. The number of aryl methyl sites for hydroxylation is 2. The van der Waals surface area contributed by atoms with E-state index in [0.29, 0.717) is 12.5 Å². The molecule has 5 heterocycles. The molecule has 0 bridgehead atoms. The zero-order valence-corrected chi connectivity index (χ0v) is 22.4. The highest BCUT2D eigenvalue weighted by atomic mass is 16.5. The molecule has 6 rings (SSSR count). The molecule has 1 aliphatic carbocycles. The predicted molar refractivity (Wildman–Crippen MR) is 147 cm³/mol. The van der Waals surface area contributed by atoms with Gasteiger partial charge in [-0.25, -0.2) is 4.98 Å². The van der Waals surface area contributed by atoms with Gasteiger partial charge in [0.15, 0.2) is 0 Å². The van der Waals surface area contributed by atoms with Crippen LogP contribution >= 0.6 is 0 Å². The van der Waals surface area contributed by atoms with Crippen molar-refractivity contribution >= 4 is 11.0 Å². The average molecular weight is 511 g/mol. The maximum Gasteiger partial charge on any atom is 0.141 e. The van der Waals surface area contributed by atoms with Crippen LogP contribution in [0.3, 0.4) is 0 Å². The van der Waals surface area contributed by atoms with Crippen LogP contribution in [0.1, 0.15) is 62.7 Å². The van der Waals surface area contributed by atoms with Crippen LogP contribution in [0.5, 0.6) is 0 Å². The molecule has 5 aromatic heterocycles. The van der Waals surface area contributed by atoms with Gasteiger partial charge >= 0.3 is 0 Å². The van der Waals surface area contributed by atoms with Crippen molar-refractivity contribution < 1.29 is 9.63 Å². The SMILES string of the molecule is Cc1noc(C)c1-c1cnc2c(c1)c(-c1cnn(CC(C)(C)O)c1)cn2C(c1ccccn1)C1CCCC1. The molecule has 8 heteroatoms. The number of hydrogen-bond acceptors (Lipinski definition) is 6. The molecule has 38 heavy (non-hydrogen) atoms. The molecule has 0 aliphatic heterocycles. The molecule has 0 amide bonds. The van der Waals surface area contributed by atoms with Crippen LogP contribution in [0.2, 0.25) is 0 Å². The molecule has 196 valence electrons. The minimum absolute atomic E-state index is 0.0961. The lowest BCUT2D eigenvalue weighted by Crippen LogP contribution is -2.26. The third kappa shape index (κ3) is 4.53. The number of fused-ring (bicyclic) bond motifs is 1. The van der Waals surface area contributed by atoms with Gasteiger partial charge in [-0.15, -0.1) is 0 Å². The molecule has 1 unspecified atom stereocenters. The summed E-state index contributed by atoms with van der Waals surface area (Å²) in [5, 5.41) is 20.1. The first-order valence-corrected chi connectivity index (χ1v) is 13.4. The second-order valence-corrected chi connectivity index (χ2v) is 11.2. The van der Waals surface area contributed by atoms with E-state index in [1.54, 1.807) is 18.5 Å². The van der Waals surface area contributed by atoms with Gasteiger partial charge in [0.05, 0.1) is 35.8 Å². The van der Waals surface area contributed by atoms with E-state index in [4.69, 9.17) is 14.5 Å². The summed E-state index contributed by atoms with van der Waals surface area (Å²) >= 11 is 0. The molecule has 8 nitrogen and oxygen atoms in total. The van der Waals surface area contributed by atoms with Crippen LogP contribution < -0.4 is 0 Å². The van der Waals surface area contributed by atoms with Gasteiger partial charge in [0.2, 0.25) is 0 Å². The monoisotopic (exact) mass is 510 g/mol. The van der Waals surface area contributed by atoms with Gasteiger partial charge < -0.3 is 14.2 Å². The number of hydrogen-bond donors (Lipinski definition) is 1. The molecule has 0 saturated heterocycles. The number of pyridine rings is 2. The Bertz CT molecular complexity index is 1550. The van der Waals surface area contributed by atoms with E-state index in [1.165, 1.54) is 25.7 Å². The van der Waals surface area contributed by atoms with Crippen molar-refractivity contribution in [2.45, 2.75) is 71.6 Å². The summed E-state index contributed by atoms with van der Waals surface area (Å²) < 4.78 is 9.60. The summed E-state index contributed by atoms with van der Waals surface area (Å²) in [6, 6.07) is 8.46. The molecule has 1 atom stereocenters. The van der Waals surface area contributed by atoms with Gasteiger partial charge in [0.1, 0.15) is 11.4 Å². The van der Waals surface area contributed by atoms with Gasteiger partial charge in [0.25, 0.3) is 0 Å². The van der Waals surface area contributed by atoms with E-state index in [9.17, 15) is 5.11 Å². The van der Waals surface area contributed by atoms with Crippen LogP contribution in [-0.2, 0) is 6.54 Å². The van der Waals surface area contributed by atoms with Crippen molar-refractivity contribution in [2.75, 3.05) is 0 Å².